The number of pyridine rings is 1. The highest BCUT2D eigenvalue weighted by atomic mass is 15.1. The summed E-state index contributed by atoms with van der Waals surface area (Å²) < 4.78 is 2.46. The predicted molar refractivity (Wildman–Crippen MR) is 254 cm³/mol. The molecule has 0 unspecified atom stereocenters. The Hall–Kier alpha value is -8.22. The summed E-state index contributed by atoms with van der Waals surface area (Å²) >= 11 is 0. The highest BCUT2D eigenvalue weighted by molar-refractivity contribution is 6.20. The van der Waals surface area contributed by atoms with Crippen LogP contribution in [0.3, 0.4) is 0 Å². The Morgan fingerprint density at radius 3 is 1.73 bits per heavy atom. The van der Waals surface area contributed by atoms with Gasteiger partial charge in [-0.2, -0.15) is 0 Å². The van der Waals surface area contributed by atoms with E-state index in [-0.39, 0.29) is 0 Å². The second-order valence-electron chi connectivity index (χ2n) is 15.5. The average Bonchev–Trinajstić information content (AvgIpc) is 3.70. The maximum Gasteiger partial charge on any atom is 0.162 e. The van der Waals surface area contributed by atoms with Crippen molar-refractivity contribution in [3.05, 3.63) is 230 Å². The third-order valence-corrected chi connectivity index (χ3v) is 11.8. The third kappa shape index (κ3) is 6.83. The number of para-hydroxylation sites is 1. The van der Waals surface area contributed by atoms with Crippen molar-refractivity contribution < 1.29 is 0 Å². The van der Waals surface area contributed by atoms with Crippen molar-refractivity contribution in [3.8, 4) is 50.6 Å². The summed E-state index contributed by atoms with van der Waals surface area (Å²) in [7, 11) is 0. The number of allylic oxidation sites excluding steroid dienone is 4. The standard InChI is InChI=1S/C56H40N6/c1-4-12-40(13-5-1)49-32-33-50(41-14-6-2-7-15-41)55-54(49)51-36-44(25-34-53(51)62(55)45-16-8-3-9-17-45)39-19-26-46(27-20-39)61(47-28-21-42(22-29-47)52-18-10-11-35-58-52)48-30-23-43(24-31-48)56-59-37-57-38-60-56/h1-19,21-26,28-38H,20,27H2. The molecule has 3 aromatic heterocycles. The van der Waals surface area contributed by atoms with Crippen LogP contribution in [0.2, 0.25) is 0 Å². The Balaban J connectivity index is 1.04. The van der Waals surface area contributed by atoms with Crippen LogP contribution in [0.5, 0.6) is 0 Å². The van der Waals surface area contributed by atoms with Gasteiger partial charge in [0.15, 0.2) is 5.82 Å². The number of benzene rings is 7. The Kier molecular flexibility index (Phi) is 9.56. The molecule has 0 saturated heterocycles. The van der Waals surface area contributed by atoms with Crippen molar-refractivity contribution >= 4 is 38.8 Å². The Labute approximate surface area is 360 Å². The molecular formula is C56H40N6. The Morgan fingerprint density at radius 2 is 1.08 bits per heavy atom. The molecule has 0 N–H and O–H groups in total. The zero-order valence-corrected chi connectivity index (χ0v) is 33.9. The minimum atomic E-state index is 0.651. The number of hydrogen-bond donors (Lipinski definition) is 0. The molecule has 0 aliphatic heterocycles. The number of aromatic nitrogens is 5. The maximum absolute atomic E-state index is 4.59. The molecule has 0 radical (unpaired) electrons. The SMILES string of the molecule is C1=C(c2ccc3c(c2)c2c(-c4ccccc4)ccc(-c4ccccc4)c2n3-c2ccccc2)CCC(N(c2ccc(-c3ccccn3)cc2)c2ccc(-c3ncncn3)cc2)=C1. The van der Waals surface area contributed by atoms with Crippen LogP contribution in [0.25, 0.3) is 78.0 Å². The number of hydrogen-bond acceptors (Lipinski definition) is 5. The largest absolute Gasteiger partial charge is 0.314 e. The first-order chi connectivity index (χ1) is 30.8. The van der Waals surface area contributed by atoms with Crippen molar-refractivity contribution in [2.75, 3.05) is 4.90 Å². The summed E-state index contributed by atoms with van der Waals surface area (Å²) in [5.41, 5.74) is 17.2. The Morgan fingerprint density at radius 1 is 0.468 bits per heavy atom. The molecule has 0 amide bonds. The van der Waals surface area contributed by atoms with Gasteiger partial charge in [-0.15, -0.1) is 0 Å². The van der Waals surface area contributed by atoms with Crippen LogP contribution in [-0.4, -0.2) is 24.5 Å². The molecule has 294 valence electrons. The summed E-state index contributed by atoms with van der Waals surface area (Å²) in [5.74, 6) is 0.651. The van der Waals surface area contributed by atoms with E-state index in [9.17, 15) is 0 Å². The van der Waals surface area contributed by atoms with Crippen LogP contribution in [0.15, 0.2) is 225 Å². The van der Waals surface area contributed by atoms with Gasteiger partial charge in [-0.3, -0.25) is 4.98 Å². The van der Waals surface area contributed by atoms with Crippen LogP contribution in [-0.2, 0) is 0 Å². The predicted octanol–water partition coefficient (Wildman–Crippen LogP) is 13.9. The van der Waals surface area contributed by atoms with E-state index in [1.165, 1.54) is 73.5 Å². The maximum atomic E-state index is 4.59. The van der Waals surface area contributed by atoms with Crippen LogP contribution < -0.4 is 4.90 Å². The van der Waals surface area contributed by atoms with E-state index in [1.54, 1.807) is 0 Å². The summed E-state index contributed by atoms with van der Waals surface area (Å²) in [4.78, 5) is 19.7. The van der Waals surface area contributed by atoms with E-state index >= 15 is 0 Å². The van der Waals surface area contributed by atoms with Crippen LogP contribution in [0, 0.1) is 0 Å². The molecule has 1 aliphatic rings. The molecule has 3 heterocycles. The van der Waals surface area contributed by atoms with Crippen molar-refractivity contribution in [3.63, 3.8) is 0 Å². The molecule has 11 rings (SSSR count). The van der Waals surface area contributed by atoms with Gasteiger partial charge in [-0.1, -0.05) is 121 Å². The van der Waals surface area contributed by atoms with Gasteiger partial charge in [-0.05, 0) is 120 Å². The molecule has 6 nitrogen and oxygen atoms in total. The lowest BCUT2D eigenvalue weighted by Gasteiger charge is -2.30. The van der Waals surface area contributed by atoms with Gasteiger partial charge >= 0.3 is 0 Å². The van der Waals surface area contributed by atoms with E-state index in [0.717, 1.165) is 46.7 Å². The van der Waals surface area contributed by atoms with E-state index in [1.807, 2.05) is 24.4 Å². The van der Waals surface area contributed by atoms with Gasteiger partial charge in [0.25, 0.3) is 0 Å². The van der Waals surface area contributed by atoms with E-state index in [4.69, 9.17) is 0 Å². The molecule has 6 heteroatoms. The highest BCUT2D eigenvalue weighted by Gasteiger charge is 2.23. The zero-order chi connectivity index (χ0) is 41.2. The first kappa shape index (κ1) is 36.8. The first-order valence-corrected chi connectivity index (χ1v) is 21.0. The molecule has 10 aromatic rings. The molecule has 62 heavy (non-hydrogen) atoms. The summed E-state index contributed by atoms with van der Waals surface area (Å²) in [6.07, 6.45) is 11.3. The smallest absolute Gasteiger partial charge is 0.162 e. The van der Waals surface area contributed by atoms with Gasteiger partial charge in [0.1, 0.15) is 12.7 Å². The van der Waals surface area contributed by atoms with Crippen LogP contribution in [0.4, 0.5) is 11.4 Å². The monoisotopic (exact) mass is 796 g/mol. The van der Waals surface area contributed by atoms with Gasteiger partial charge in [0.2, 0.25) is 0 Å². The lowest BCUT2D eigenvalue weighted by Crippen LogP contribution is -2.17. The molecule has 0 spiro atoms. The molecule has 7 aromatic carbocycles. The molecule has 0 saturated carbocycles. The number of nitrogens with zero attached hydrogens (tertiary/aromatic N) is 6. The first-order valence-electron chi connectivity index (χ1n) is 21.0. The molecule has 0 fully saturated rings. The van der Waals surface area contributed by atoms with Crippen molar-refractivity contribution in [1.29, 1.82) is 0 Å². The quantitative estimate of drug-likeness (QED) is 0.146. The topological polar surface area (TPSA) is 59.7 Å². The molecule has 0 bridgehead atoms. The molecule has 1 aliphatic carbocycles. The normalized spacial score (nSPS) is 12.6. The average molecular weight is 797 g/mol. The minimum Gasteiger partial charge on any atom is -0.314 e. The summed E-state index contributed by atoms with van der Waals surface area (Å²) in [6, 6.07) is 67.2. The second kappa shape index (κ2) is 16.1. The molecule has 0 atom stereocenters. The second-order valence-corrected chi connectivity index (χ2v) is 15.5. The minimum absolute atomic E-state index is 0.651. The zero-order valence-electron chi connectivity index (χ0n) is 33.9. The lowest BCUT2D eigenvalue weighted by atomic mass is 9.91. The van der Waals surface area contributed by atoms with Crippen LogP contribution in [0.1, 0.15) is 18.4 Å². The lowest BCUT2D eigenvalue weighted by molar-refractivity contribution is 0.930. The Bertz CT molecular complexity index is 3150. The van der Waals surface area contributed by atoms with Gasteiger partial charge in [0, 0.05) is 56.4 Å². The van der Waals surface area contributed by atoms with Gasteiger partial charge < -0.3 is 9.47 Å². The van der Waals surface area contributed by atoms with Gasteiger partial charge in [-0.25, -0.2) is 15.0 Å². The third-order valence-electron chi connectivity index (χ3n) is 11.8. The highest BCUT2D eigenvalue weighted by Crippen LogP contribution is 2.45. The van der Waals surface area contributed by atoms with Crippen molar-refractivity contribution in [1.82, 2.24) is 24.5 Å². The van der Waals surface area contributed by atoms with Gasteiger partial charge in [0.05, 0.1) is 16.7 Å². The number of fused-ring (bicyclic) bond motifs is 3. The van der Waals surface area contributed by atoms with E-state index in [0.29, 0.717) is 5.82 Å². The van der Waals surface area contributed by atoms with E-state index < -0.39 is 0 Å². The fourth-order valence-corrected chi connectivity index (χ4v) is 8.90. The summed E-state index contributed by atoms with van der Waals surface area (Å²) in [5, 5.41) is 2.49. The number of anilines is 2. The molecular weight excluding hydrogens is 757 g/mol. The van der Waals surface area contributed by atoms with Crippen molar-refractivity contribution in [2.45, 2.75) is 12.8 Å². The fraction of sp³-hybridized carbons (Fsp3) is 0.0357. The summed E-state index contributed by atoms with van der Waals surface area (Å²) in [6.45, 7) is 0. The van der Waals surface area contributed by atoms with Crippen molar-refractivity contribution in [2.24, 2.45) is 0 Å². The number of rotatable bonds is 9. The van der Waals surface area contributed by atoms with Crippen LogP contribution >= 0.6 is 0 Å². The van der Waals surface area contributed by atoms with E-state index in [2.05, 4.69) is 211 Å². The fourth-order valence-electron chi connectivity index (χ4n) is 8.90.